The topological polar surface area (TPSA) is 71.2 Å². The third-order valence-electron chi connectivity index (χ3n) is 3.88. The van der Waals surface area contributed by atoms with Crippen molar-refractivity contribution in [2.75, 3.05) is 30.8 Å². The minimum Gasteiger partial charge on any atom is -0.375 e. The number of piperidine rings is 1. The lowest BCUT2D eigenvalue weighted by Gasteiger charge is -2.37. The molecule has 2 aromatic heterocycles. The van der Waals surface area contributed by atoms with Crippen LogP contribution in [-0.4, -0.2) is 46.3 Å². The van der Waals surface area contributed by atoms with Crippen molar-refractivity contribution >= 4 is 34.7 Å². The van der Waals surface area contributed by atoms with Crippen molar-refractivity contribution in [1.82, 2.24) is 20.1 Å². The lowest BCUT2D eigenvalue weighted by atomic mass is 10.0. The van der Waals surface area contributed by atoms with Crippen LogP contribution in [0.25, 0.3) is 0 Å². The van der Waals surface area contributed by atoms with Crippen molar-refractivity contribution in [2.24, 2.45) is 0 Å². The normalized spacial score (nSPS) is 18.3. The van der Waals surface area contributed by atoms with Gasteiger partial charge in [-0.25, -0.2) is 4.98 Å². The summed E-state index contributed by atoms with van der Waals surface area (Å²) in [5.74, 6) is 0.970. The number of nitrogens with zero attached hydrogens (tertiary/aromatic N) is 5. The molecular formula is C14H21ClN6S. The molecule has 1 aliphatic heterocycles. The van der Waals surface area contributed by atoms with Crippen LogP contribution in [0.1, 0.15) is 17.7 Å². The summed E-state index contributed by atoms with van der Waals surface area (Å²) in [5.41, 5.74) is 5.70. The summed E-state index contributed by atoms with van der Waals surface area (Å²) < 4.78 is 0. The molecule has 1 atom stereocenters. The number of halogens is 1. The zero-order chi connectivity index (χ0) is 14.7. The van der Waals surface area contributed by atoms with Gasteiger partial charge in [-0.2, -0.15) is 5.10 Å². The number of nitrogens with two attached hydrogens (primary N) is 1. The number of likely N-dealkylation sites (N-methyl/N-ethyl adjacent to an activating group) is 1. The predicted molar refractivity (Wildman–Crippen MR) is 92.5 cm³/mol. The average Bonchev–Trinajstić information content (AvgIpc) is 2.93. The van der Waals surface area contributed by atoms with Crippen molar-refractivity contribution in [1.29, 1.82) is 0 Å². The van der Waals surface area contributed by atoms with E-state index in [-0.39, 0.29) is 12.4 Å². The number of anilines is 2. The van der Waals surface area contributed by atoms with E-state index in [9.17, 15) is 0 Å². The minimum atomic E-state index is 0. The number of hydrogen-bond acceptors (Lipinski definition) is 7. The van der Waals surface area contributed by atoms with Crippen molar-refractivity contribution < 1.29 is 0 Å². The van der Waals surface area contributed by atoms with Gasteiger partial charge in [0.05, 0.1) is 0 Å². The van der Waals surface area contributed by atoms with Crippen LogP contribution in [0.15, 0.2) is 24.5 Å². The first-order chi connectivity index (χ1) is 10.2. The third kappa shape index (κ3) is 4.06. The second-order valence-corrected chi connectivity index (χ2v) is 6.55. The van der Waals surface area contributed by atoms with Gasteiger partial charge >= 0.3 is 0 Å². The Balaban J connectivity index is 0.00000176. The fraction of sp³-hybridized carbons (Fsp3) is 0.500. The summed E-state index contributed by atoms with van der Waals surface area (Å²) in [4.78, 5) is 10.0. The van der Waals surface area contributed by atoms with Crippen LogP contribution in [0, 0.1) is 0 Å². The highest BCUT2D eigenvalue weighted by atomic mass is 35.5. The Hall–Kier alpha value is -1.44. The number of rotatable bonds is 4. The van der Waals surface area contributed by atoms with Gasteiger partial charge < -0.3 is 10.6 Å². The summed E-state index contributed by atoms with van der Waals surface area (Å²) in [6, 6.07) is 4.48. The molecule has 0 amide bonds. The van der Waals surface area contributed by atoms with Gasteiger partial charge in [-0.1, -0.05) is 0 Å². The minimum absolute atomic E-state index is 0. The average molecular weight is 341 g/mol. The molecule has 8 heteroatoms. The lowest BCUT2D eigenvalue weighted by molar-refractivity contribution is 0.209. The molecule has 1 fully saturated rings. The van der Waals surface area contributed by atoms with Gasteiger partial charge in [0.1, 0.15) is 0 Å². The molecule has 2 aromatic rings. The second kappa shape index (κ2) is 7.71. The molecule has 0 spiro atoms. The fourth-order valence-electron chi connectivity index (χ4n) is 2.76. The molecule has 0 aliphatic carbocycles. The Kier molecular flexibility index (Phi) is 5.93. The molecule has 2 N–H and O–H groups in total. The van der Waals surface area contributed by atoms with E-state index in [1.807, 2.05) is 18.3 Å². The van der Waals surface area contributed by atoms with Crippen LogP contribution in [0.2, 0.25) is 0 Å². The molecule has 3 heterocycles. The van der Waals surface area contributed by atoms with Crippen LogP contribution in [0.3, 0.4) is 0 Å². The zero-order valence-electron chi connectivity index (χ0n) is 12.6. The van der Waals surface area contributed by atoms with Crippen LogP contribution >= 0.6 is 23.7 Å². The highest BCUT2D eigenvalue weighted by Crippen LogP contribution is 2.22. The zero-order valence-corrected chi connectivity index (χ0v) is 14.2. The predicted octanol–water partition coefficient (Wildman–Crippen LogP) is 2.04. The molecular weight excluding hydrogens is 320 g/mol. The van der Waals surface area contributed by atoms with Crippen molar-refractivity contribution in [2.45, 2.75) is 25.4 Å². The summed E-state index contributed by atoms with van der Waals surface area (Å²) in [6.07, 6.45) is 5.98. The molecule has 1 saturated heterocycles. The maximum atomic E-state index is 5.70. The van der Waals surface area contributed by atoms with Gasteiger partial charge in [-0.15, -0.1) is 28.8 Å². The second-order valence-electron chi connectivity index (χ2n) is 5.40. The van der Waals surface area contributed by atoms with Gasteiger partial charge in [-0.3, -0.25) is 4.90 Å². The van der Waals surface area contributed by atoms with Crippen molar-refractivity contribution in [3.05, 3.63) is 29.4 Å². The number of thiazole rings is 1. The Morgan fingerprint density at radius 3 is 3.05 bits per heavy atom. The van der Waals surface area contributed by atoms with Crippen LogP contribution in [0.5, 0.6) is 0 Å². The van der Waals surface area contributed by atoms with E-state index in [0.29, 0.717) is 11.2 Å². The lowest BCUT2D eigenvalue weighted by Crippen LogP contribution is -2.46. The molecule has 0 bridgehead atoms. The Morgan fingerprint density at radius 2 is 2.36 bits per heavy atom. The summed E-state index contributed by atoms with van der Waals surface area (Å²) >= 11 is 1.57. The molecule has 1 unspecified atom stereocenters. The van der Waals surface area contributed by atoms with Crippen LogP contribution in [-0.2, 0) is 6.54 Å². The SMILES string of the molecule is CN(Cc1cnc(N)s1)C1CCCN(c2cccnn2)C1.Cl. The van der Waals surface area contributed by atoms with Gasteiger partial charge in [0, 0.05) is 42.9 Å². The fourth-order valence-corrected chi connectivity index (χ4v) is 3.50. The first-order valence-corrected chi connectivity index (χ1v) is 7.97. The Labute approximate surface area is 140 Å². The molecule has 6 nitrogen and oxygen atoms in total. The number of hydrogen-bond donors (Lipinski definition) is 1. The van der Waals surface area contributed by atoms with Crippen LogP contribution in [0.4, 0.5) is 10.9 Å². The quantitative estimate of drug-likeness (QED) is 0.918. The van der Waals surface area contributed by atoms with Gasteiger partial charge in [0.2, 0.25) is 0 Å². The first-order valence-electron chi connectivity index (χ1n) is 7.15. The van der Waals surface area contributed by atoms with E-state index in [4.69, 9.17) is 5.73 Å². The first kappa shape index (κ1) is 16.9. The molecule has 3 rings (SSSR count). The smallest absolute Gasteiger partial charge is 0.180 e. The van der Waals surface area contributed by atoms with Gasteiger partial charge in [0.25, 0.3) is 0 Å². The molecule has 120 valence electrons. The molecule has 0 aromatic carbocycles. The van der Waals surface area contributed by atoms with Gasteiger partial charge in [0.15, 0.2) is 10.9 Å². The molecule has 0 saturated carbocycles. The Morgan fingerprint density at radius 1 is 1.50 bits per heavy atom. The summed E-state index contributed by atoms with van der Waals surface area (Å²) in [5, 5.41) is 8.83. The van der Waals surface area contributed by atoms with Gasteiger partial charge in [-0.05, 0) is 32.0 Å². The highest BCUT2D eigenvalue weighted by molar-refractivity contribution is 7.15. The maximum absolute atomic E-state index is 5.70. The largest absolute Gasteiger partial charge is 0.375 e. The number of nitrogen functional groups attached to an aromatic ring is 1. The Bertz CT molecular complexity index is 578. The monoisotopic (exact) mass is 340 g/mol. The molecule has 0 radical (unpaired) electrons. The van der Waals surface area contributed by atoms with E-state index in [1.165, 1.54) is 17.7 Å². The molecule has 1 aliphatic rings. The standard InChI is InChI=1S/C14H20N6S.ClH/c1-19(10-12-8-16-14(15)21-12)11-4-3-7-20(9-11)13-5-2-6-17-18-13;/h2,5-6,8,11H,3-4,7,9-10H2,1H3,(H2,15,16);1H. The van der Waals surface area contributed by atoms with Crippen molar-refractivity contribution in [3.63, 3.8) is 0 Å². The van der Waals surface area contributed by atoms with E-state index < -0.39 is 0 Å². The molecule has 22 heavy (non-hydrogen) atoms. The van der Waals surface area contributed by atoms with Crippen molar-refractivity contribution in [3.8, 4) is 0 Å². The van der Waals surface area contributed by atoms with E-state index in [0.717, 1.165) is 25.5 Å². The third-order valence-corrected chi connectivity index (χ3v) is 4.69. The maximum Gasteiger partial charge on any atom is 0.180 e. The number of aromatic nitrogens is 3. The van der Waals surface area contributed by atoms with E-state index >= 15 is 0 Å². The van der Waals surface area contributed by atoms with E-state index in [2.05, 4.69) is 32.0 Å². The highest BCUT2D eigenvalue weighted by Gasteiger charge is 2.24. The van der Waals surface area contributed by atoms with E-state index in [1.54, 1.807) is 17.5 Å². The summed E-state index contributed by atoms with van der Waals surface area (Å²) in [7, 11) is 2.17. The van der Waals surface area contributed by atoms with Crippen LogP contribution < -0.4 is 10.6 Å². The summed E-state index contributed by atoms with van der Waals surface area (Å²) in [6.45, 7) is 2.94.